The number of aromatic amines is 1. The van der Waals surface area contributed by atoms with Crippen molar-refractivity contribution in [3.05, 3.63) is 62.2 Å². The summed E-state index contributed by atoms with van der Waals surface area (Å²) in [6.45, 7) is 0. The SMILES string of the molecule is O=C(O)[C@H]1Cc2c([nH]c3ccccc23)[C@@H](c2cc(Br)c(O)c(Br)c2)N1. The molecule has 2 atom stereocenters. The number of carboxylic acids is 1. The molecule has 0 saturated heterocycles. The van der Waals surface area contributed by atoms with Gasteiger partial charge in [0.05, 0.1) is 15.0 Å². The number of rotatable bonds is 2. The van der Waals surface area contributed by atoms with Crippen LogP contribution in [0.25, 0.3) is 10.9 Å². The number of phenols is 1. The van der Waals surface area contributed by atoms with E-state index in [4.69, 9.17) is 0 Å². The van der Waals surface area contributed by atoms with Gasteiger partial charge in [0.2, 0.25) is 0 Å². The van der Waals surface area contributed by atoms with E-state index in [0.717, 1.165) is 27.7 Å². The highest BCUT2D eigenvalue weighted by atomic mass is 79.9. The Labute approximate surface area is 160 Å². The van der Waals surface area contributed by atoms with Crippen molar-refractivity contribution in [2.45, 2.75) is 18.5 Å². The minimum absolute atomic E-state index is 0.117. The second kappa shape index (κ2) is 6.16. The second-order valence-corrected chi connectivity index (χ2v) is 7.80. The first-order valence-electron chi connectivity index (χ1n) is 7.72. The number of carboxylic acid groups (broad SMARTS) is 1. The summed E-state index contributed by atoms with van der Waals surface area (Å²) in [7, 11) is 0. The number of H-pyrrole nitrogens is 1. The lowest BCUT2D eigenvalue weighted by molar-refractivity contribution is -0.139. The van der Waals surface area contributed by atoms with Crippen LogP contribution in [0.15, 0.2) is 45.3 Å². The summed E-state index contributed by atoms with van der Waals surface area (Å²) in [5, 5.41) is 23.8. The Morgan fingerprint density at radius 2 is 1.84 bits per heavy atom. The molecule has 1 aliphatic rings. The van der Waals surface area contributed by atoms with Crippen LogP contribution in [0, 0.1) is 0 Å². The minimum atomic E-state index is -0.877. The maximum atomic E-state index is 11.7. The van der Waals surface area contributed by atoms with Crippen molar-refractivity contribution in [3.63, 3.8) is 0 Å². The van der Waals surface area contributed by atoms with E-state index in [1.165, 1.54) is 0 Å². The van der Waals surface area contributed by atoms with E-state index >= 15 is 0 Å². The van der Waals surface area contributed by atoms with Crippen LogP contribution >= 0.6 is 31.9 Å². The average molecular weight is 466 g/mol. The molecule has 5 nitrogen and oxygen atoms in total. The Bertz CT molecular complexity index is 976. The van der Waals surface area contributed by atoms with Crippen LogP contribution in [0.2, 0.25) is 0 Å². The number of hydrogen-bond acceptors (Lipinski definition) is 3. The van der Waals surface area contributed by atoms with Crippen molar-refractivity contribution in [1.29, 1.82) is 0 Å². The quantitative estimate of drug-likeness (QED) is 0.459. The molecule has 0 saturated carbocycles. The van der Waals surface area contributed by atoms with Gasteiger partial charge in [-0.15, -0.1) is 0 Å². The zero-order valence-corrected chi connectivity index (χ0v) is 16.1. The first-order chi connectivity index (χ1) is 12.0. The van der Waals surface area contributed by atoms with E-state index in [0.29, 0.717) is 15.4 Å². The van der Waals surface area contributed by atoms with Crippen molar-refractivity contribution in [2.24, 2.45) is 0 Å². The molecule has 0 bridgehead atoms. The fraction of sp³-hybridized carbons (Fsp3) is 0.167. The van der Waals surface area contributed by atoms with Gasteiger partial charge in [0, 0.05) is 23.0 Å². The summed E-state index contributed by atoms with van der Waals surface area (Å²) in [6, 6.07) is 10.5. The Morgan fingerprint density at radius 1 is 1.16 bits per heavy atom. The van der Waals surface area contributed by atoms with Crippen molar-refractivity contribution in [2.75, 3.05) is 0 Å². The lowest BCUT2D eigenvalue weighted by atomic mass is 9.90. The highest BCUT2D eigenvalue weighted by Gasteiger charge is 2.34. The Balaban J connectivity index is 1.92. The molecule has 7 heteroatoms. The first kappa shape index (κ1) is 16.6. The minimum Gasteiger partial charge on any atom is -0.506 e. The van der Waals surface area contributed by atoms with E-state index < -0.39 is 12.0 Å². The maximum Gasteiger partial charge on any atom is 0.321 e. The third-order valence-corrected chi connectivity index (χ3v) is 5.79. The molecular weight excluding hydrogens is 452 g/mol. The van der Waals surface area contributed by atoms with Gasteiger partial charge in [0.1, 0.15) is 11.8 Å². The molecule has 0 spiro atoms. The molecule has 3 aromatic rings. The van der Waals surface area contributed by atoms with E-state index in [2.05, 4.69) is 42.2 Å². The van der Waals surface area contributed by atoms with Crippen molar-refractivity contribution in [3.8, 4) is 5.75 Å². The summed E-state index contributed by atoms with van der Waals surface area (Å²) in [4.78, 5) is 15.1. The molecule has 2 aromatic carbocycles. The van der Waals surface area contributed by atoms with Crippen molar-refractivity contribution < 1.29 is 15.0 Å². The maximum absolute atomic E-state index is 11.7. The normalized spacial score (nSPS) is 19.8. The highest BCUT2D eigenvalue weighted by molar-refractivity contribution is 9.11. The number of para-hydroxylation sites is 1. The average Bonchev–Trinajstić information content (AvgIpc) is 2.97. The molecule has 128 valence electrons. The summed E-state index contributed by atoms with van der Waals surface area (Å²) >= 11 is 6.70. The molecule has 4 N–H and O–H groups in total. The summed E-state index contributed by atoms with van der Waals surface area (Å²) in [5.41, 5.74) is 3.83. The lowest BCUT2D eigenvalue weighted by Crippen LogP contribution is -2.44. The fourth-order valence-corrected chi connectivity index (χ4v) is 4.63. The van der Waals surface area contributed by atoms with E-state index in [9.17, 15) is 15.0 Å². The van der Waals surface area contributed by atoms with Crippen LogP contribution in [0.1, 0.15) is 22.9 Å². The zero-order valence-electron chi connectivity index (χ0n) is 12.9. The number of fused-ring (bicyclic) bond motifs is 3. The number of aliphatic carboxylic acids is 1. The topological polar surface area (TPSA) is 85.3 Å². The molecule has 4 rings (SSSR count). The lowest BCUT2D eigenvalue weighted by Gasteiger charge is -2.30. The predicted octanol–water partition coefficient (Wildman–Crippen LogP) is 4.09. The van der Waals surface area contributed by atoms with Crippen molar-refractivity contribution >= 4 is 48.7 Å². The van der Waals surface area contributed by atoms with E-state index in [-0.39, 0.29) is 11.8 Å². The number of carbonyl (C=O) groups is 1. The van der Waals surface area contributed by atoms with Gasteiger partial charge in [0.25, 0.3) is 0 Å². The van der Waals surface area contributed by atoms with Gasteiger partial charge in [-0.3, -0.25) is 10.1 Å². The van der Waals surface area contributed by atoms with Crippen LogP contribution in [0.3, 0.4) is 0 Å². The third kappa shape index (κ3) is 2.76. The number of phenolic OH excluding ortho intramolecular Hbond substituents is 1. The fourth-order valence-electron chi connectivity index (χ4n) is 3.41. The Morgan fingerprint density at radius 3 is 2.52 bits per heavy atom. The van der Waals surface area contributed by atoms with Gasteiger partial charge < -0.3 is 15.2 Å². The van der Waals surface area contributed by atoms with Crippen molar-refractivity contribution in [1.82, 2.24) is 10.3 Å². The molecule has 0 amide bonds. The van der Waals surface area contributed by atoms with Crippen LogP contribution in [0.5, 0.6) is 5.75 Å². The standard InChI is InChI=1S/C18H14Br2N2O3/c19-11-5-8(6-12(20)17(11)23)15-16-10(7-14(22-15)18(24)25)9-3-1-2-4-13(9)21-16/h1-6,14-15,21-23H,7H2,(H,24,25)/t14-,15-/m1/s1. The van der Waals surface area contributed by atoms with Crippen LogP contribution in [0.4, 0.5) is 0 Å². The molecule has 1 aromatic heterocycles. The number of nitrogens with one attached hydrogen (secondary N) is 2. The third-order valence-electron chi connectivity index (χ3n) is 4.58. The summed E-state index contributed by atoms with van der Waals surface area (Å²) in [6.07, 6.45) is 0.422. The highest BCUT2D eigenvalue weighted by Crippen LogP contribution is 2.40. The van der Waals surface area contributed by atoms with E-state index in [1.807, 2.05) is 24.3 Å². The number of benzene rings is 2. The molecular formula is C18H14Br2N2O3. The van der Waals surface area contributed by atoms with Crippen LogP contribution < -0.4 is 5.32 Å². The number of aromatic hydroxyl groups is 1. The largest absolute Gasteiger partial charge is 0.506 e. The number of aromatic nitrogens is 1. The van der Waals surface area contributed by atoms with Gasteiger partial charge in [-0.1, -0.05) is 18.2 Å². The van der Waals surface area contributed by atoms with Gasteiger partial charge in [-0.2, -0.15) is 0 Å². The Kier molecular flexibility index (Phi) is 4.10. The number of hydrogen-bond donors (Lipinski definition) is 4. The molecule has 0 unspecified atom stereocenters. The van der Waals surface area contributed by atoms with Gasteiger partial charge in [-0.05, 0) is 61.2 Å². The Hall–Kier alpha value is -1.83. The molecule has 0 fully saturated rings. The zero-order chi connectivity index (χ0) is 17.7. The summed E-state index contributed by atoms with van der Waals surface area (Å²) < 4.78 is 1.10. The molecule has 25 heavy (non-hydrogen) atoms. The van der Waals surface area contributed by atoms with Gasteiger partial charge in [-0.25, -0.2) is 0 Å². The first-order valence-corrected chi connectivity index (χ1v) is 9.30. The predicted molar refractivity (Wildman–Crippen MR) is 102 cm³/mol. The monoisotopic (exact) mass is 464 g/mol. The smallest absolute Gasteiger partial charge is 0.321 e. The number of halogens is 2. The van der Waals surface area contributed by atoms with Crippen LogP contribution in [-0.4, -0.2) is 27.2 Å². The van der Waals surface area contributed by atoms with E-state index in [1.54, 1.807) is 12.1 Å². The molecule has 0 radical (unpaired) electrons. The molecule has 0 aliphatic carbocycles. The van der Waals surface area contributed by atoms with Gasteiger partial charge >= 0.3 is 5.97 Å². The molecule has 1 aliphatic heterocycles. The van der Waals surface area contributed by atoms with Crippen LogP contribution in [-0.2, 0) is 11.2 Å². The second-order valence-electron chi connectivity index (χ2n) is 6.09. The summed E-state index contributed by atoms with van der Waals surface area (Å²) in [5.74, 6) is -0.760. The van der Waals surface area contributed by atoms with Gasteiger partial charge in [0.15, 0.2) is 0 Å². The molecule has 2 heterocycles.